The van der Waals surface area contributed by atoms with Gasteiger partial charge in [-0.2, -0.15) is 0 Å². The zero-order chi connectivity index (χ0) is 15.2. The summed E-state index contributed by atoms with van der Waals surface area (Å²) in [6.45, 7) is 7.56. The third kappa shape index (κ3) is 3.55. The number of nitrogens with zero attached hydrogens (tertiary/aromatic N) is 2. The second kappa shape index (κ2) is 7.24. The molecule has 1 unspecified atom stereocenters. The fraction of sp³-hybridized carbons (Fsp3) is 0.353. The van der Waals surface area contributed by atoms with Crippen LogP contribution in [0.4, 0.5) is 0 Å². The number of hydrogen-bond acceptors (Lipinski definition) is 5. The van der Waals surface area contributed by atoms with Crippen LogP contribution in [-0.4, -0.2) is 36.4 Å². The van der Waals surface area contributed by atoms with E-state index in [9.17, 15) is 0 Å². The quantitative estimate of drug-likeness (QED) is 0.768. The number of benzene rings is 1. The standard InChI is InChI=1S/C17H20N2O3/c1-2-15(19-8-10-20-11-9-19)16-12-17(18-22-16)21-13-14-6-4-3-5-7-14/h2-7,12,15H,1,8-11,13H2. The number of morpholine rings is 1. The lowest BCUT2D eigenvalue weighted by molar-refractivity contribution is 0.0206. The van der Waals surface area contributed by atoms with Gasteiger partial charge in [-0.05, 0) is 10.7 Å². The molecule has 22 heavy (non-hydrogen) atoms. The Morgan fingerprint density at radius 2 is 2.05 bits per heavy atom. The minimum Gasteiger partial charge on any atom is -0.471 e. The third-order valence-electron chi connectivity index (χ3n) is 3.69. The van der Waals surface area contributed by atoms with Crippen molar-refractivity contribution >= 4 is 0 Å². The van der Waals surface area contributed by atoms with E-state index in [1.165, 1.54) is 0 Å². The average Bonchev–Trinajstić information content (AvgIpc) is 3.04. The van der Waals surface area contributed by atoms with Crippen molar-refractivity contribution in [2.75, 3.05) is 26.3 Å². The van der Waals surface area contributed by atoms with Crippen LogP contribution >= 0.6 is 0 Å². The molecule has 116 valence electrons. The van der Waals surface area contributed by atoms with E-state index in [0.717, 1.165) is 37.6 Å². The zero-order valence-electron chi connectivity index (χ0n) is 12.5. The number of aromatic nitrogens is 1. The zero-order valence-corrected chi connectivity index (χ0v) is 12.5. The van der Waals surface area contributed by atoms with Crippen molar-refractivity contribution in [3.05, 3.63) is 60.4 Å². The molecule has 1 atom stereocenters. The molecule has 0 spiro atoms. The van der Waals surface area contributed by atoms with Crippen LogP contribution in [0.15, 0.2) is 53.6 Å². The molecule has 2 aromatic rings. The lowest BCUT2D eigenvalue weighted by Crippen LogP contribution is -2.38. The summed E-state index contributed by atoms with van der Waals surface area (Å²) in [6.07, 6.45) is 1.87. The first-order chi connectivity index (χ1) is 10.9. The van der Waals surface area contributed by atoms with Gasteiger partial charge in [0.1, 0.15) is 6.61 Å². The maximum atomic E-state index is 5.67. The van der Waals surface area contributed by atoms with Gasteiger partial charge in [0.2, 0.25) is 0 Å². The van der Waals surface area contributed by atoms with E-state index in [0.29, 0.717) is 12.5 Å². The van der Waals surface area contributed by atoms with Crippen LogP contribution in [-0.2, 0) is 11.3 Å². The van der Waals surface area contributed by atoms with E-state index in [1.807, 2.05) is 42.5 Å². The normalized spacial score (nSPS) is 17.1. The monoisotopic (exact) mass is 300 g/mol. The van der Waals surface area contributed by atoms with Gasteiger partial charge >= 0.3 is 0 Å². The van der Waals surface area contributed by atoms with Crippen LogP contribution in [0, 0.1) is 0 Å². The van der Waals surface area contributed by atoms with Crippen LogP contribution in [0.1, 0.15) is 17.4 Å². The molecule has 1 fully saturated rings. The highest BCUT2D eigenvalue weighted by Gasteiger charge is 2.23. The molecule has 0 amide bonds. The second-order valence-corrected chi connectivity index (χ2v) is 5.17. The molecule has 0 bridgehead atoms. The Hall–Kier alpha value is -2.11. The first kappa shape index (κ1) is 14.8. The fourth-order valence-corrected chi connectivity index (χ4v) is 2.51. The SMILES string of the molecule is C=CC(c1cc(OCc2ccccc2)no1)N1CCOCC1. The van der Waals surface area contributed by atoms with Gasteiger partial charge in [0.05, 0.1) is 19.3 Å². The van der Waals surface area contributed by atoms with Crippen molar-refractivity contribution in [1.82, 2.24) is 10.1 Å². The Labute approximate surface area is 130 Å². The molecule has 2 heterocycles. The molecule has 1 aromatic heterocycles. The van der Waals surface area contributed by atoms with Gasteiger partial charge in [-0.3, -0.25) is 4.90 Å². The Morgan fingerprint density at radius 3 is 2.77 bits per heavy atom. The second-order valence-electron chi connectivity index (χ2n) is 5.17. The summed E-state index contributed by atoms with van der Waals surface area (Å²) < 4.78 is 16.5. The smallest absolute Gasteiger partial charge is 0.254 e. The van der Waals surface area contributed by atoms with E-state index in [1.54, 1.807) is 0 Å². The van der Waals surface area contributed by atoms with E-state index in [2.05, 4.69) is 16.6 Å². The van der Waals surface area contributed by atoms with E-state index >= 15 is 0 Å². The van der Waals surface area contributed by atoms with Gasteiger partial charge in [0.25, 0.3) is 5.88 Å². The molecule has 0 aliphatic carbocycles. The van der Waals surface area contributed by atoms with Crippen LogP contribution in [0.2, 0.25) is 0 Å². The molecule has 5 nitrogen and oxygen atoms in total. The van der Waals surface area contributed by atoms with Gasteiger partial charge in [-0.15, -0.1) is 6.58 Å². The number of ether oxygens (including phenoxy) is 2. The molecule has 1 aliphatic heterocycles. The summed E-state index contributed by atoms with van der Waals surface area (Å²) in [5.74, 6) is 1.25. The predicted molar refractivity (Wildman–Crippen MR) is 82.6 cm³/mol. The van der Waals surface area contributed by atoms with Crippen LogP contribution < -0.4 is 4.74 Å². The molecular formula is C17H20N2O3. The first-order valence-corrected chi connectivity index (χ1v) is 7.44. The highest BCUT2D eigenvalue weighted by Crippen LogP contribution is 2.26. The maximum Gasteiger partial charge on any atom is 0.254 e. The maximum absolute atomic E-state index is 5.67. The fourth-order valence-electron chi connectivity index (χ4n) is 2.51. The van der Waals surface area contributed by atoms with Crippen LogP contribution in [0.25, 0.3) is 0 Å². The molecule has 0 saturated carbocycles. The van der Waals surface area contributed by atoms with Crippen LogP contribution in [0.3, 0.4) is 0 Å². The van der Waals surface area contributed by atoms with Crippen molar-refractivity contribution in [2.24, 2.45) is 0 Å². The predicted octanol–water partition coefficient (Wildman–Crippen LogP) is 2.81. The summed E-state index contributed by atoms with van der Waals surface area (Å²) >= 11 is 0. The van der Waals surface area contributed by atoms with Crippen molar-refractivity contribution in [3.63, 3.8) is 0 Å². The molecule has 1 aliphatic rings. The van der Waals surface area contributed by atoms with Crippen molar-refractivity contribution < 1.29 is 14.0 Å². The number of hydrogen-bond donors (Lipinski definition) is 0. The van der Waals surface area contributed by atoms with E-state index in [-0.39, 0.29) is 6.04 Å². The van der Waals surface area contributed by atoms with Crippen LogP contribution in [0.5, 0.6) is 5.88 Å². The van der Waals surface area contributed by atoms with Gasteiger partial charge in [0.15, 0.2) is 5.76 Å². The highest BCUT2D eigenvalue weighted by atomic mass is 16.5. The molecule has 3 rings (SSSR count). The van der Waals surface area contributed by atoms with Gasteiger partial charge in [-0.25, -0.2) is 0 Å². The average molecular weight is 300 g/mol. The summed E-state index contributed by atoms with van der Waals surface area (Å²) in [5, 5.41) is 3.99. The Morgan fingerprint density at radius 1 is 1.27 bits per heavy atom. The topological polar surface area (TPSA) is 47.7 Å². The Kier molecular flexibility index (Phi) is 4.88. The Bertz CT molecular complexity index is 591. The van der Waals surface area contributed by atoms with Crippen molar-refractivity contribution in [1.29, 1.82) is 0 Å². The largest absolute Gasteiger partial charge is 0.471 e. The molecular weight excluding hydrogens is 280 g/mol. The molecule has 1 saturated heterocycles. The summed E-state index contributed by atoms with van der Waals surface area (Å²) in [7, 11) is 0. The molecule has 0 N–H and O–H groups in total. The molecule has 5 heteroatoms. The van der Waals surface area contributed by atoms with E-state index in [4.69, 9.17) is 14.0 Å². The van der Waals surface area contributed by atoms with Gasteiger partial charge < -0.3 is 14.0 Å². The summed E-state index contributed by atoms with van der Waals surface area (Å²) in [4.78, 5) is 2.26. The minimum absolute atomic E-state index is 0.00507. The summed E-state index contributed by atoms with van der Waals surface area (Å²) in [6, 6.07) is 11.8. The number of rotatable bonds is 6. The van der Waals surface area contributed by atoms with Gasteiger partial charge in [-0.1, -0.05) is 36.4 Å². The third-order valence-corrected chi connectivity index (χ3v) is 3.69. The van der Waals surface area contributed by atoms with Crippen molar-refractivity contribution in [3.8, 4) is 5.88 Å². The summed E-state index contributed by atoms with van der Waals surface area (Å²) in [5.41, 5.74) is 1.10. The lowest BCUT2D eigenvalue weighted by atomic mass is 10.2. The molecule has 0 radical (unpaired) electrons. The molecule has 1 aromatic carbocycles. The van der Waals surface area contributed by atoms with Gasteiger partial charge in [0, 0.05) is 19.2 Å². The first-order valence-electron chi connectivity index (χ1n) is 7.44. The lowest BCUT2D eigenvalue weighted by Gasteiger charge is -2.30. The Balaban J connectivity index is 1.63. The highest BCUT2D eigenvalue weighted by molar-refractivity contribution is 5.19. The van der Waals surface area contributed by atoms with Crippen molar-refractivity contribution in [2.45, 2.75) is 12.6 Å². The van der Waals surface area contributed by atoms with E-state index < -0.39 is 0 Å². The minimum atomic E-state index is 0.00507.